The van der Waals surface area contributed by atoms with Crippen molar-refractivity contribution < 1.29 is 9.18 Å². The molecule has 1 atom stereocenters. The van der Waals surface area contributed by atoms with E-state index >= 15 is 0 Å². The number of alkyl halides is 1. The Kier molecular flexibility index (Phi) is 7.13. The molecular weight excluding hydrogens is 479 g/mol. The molecule has 1 aliphatic heterocycles. The number of hydrogen-bond donors (Lipinski definition) is 1. The zero-order valence-corrected chi connectivity index (χ0v) is 21.5. The number of nitrogens with zero attached hydrogens (tertiary/aromatic N) is 3. The smallest absolute Gasteiger partial charge is 0.262 e. The van der Waals surface area contributed by atoms with E-state index < -0.39 is 6.17 Å². The van der Waals surface area contributed by atoms with E-state index in [0.29, 0.717) is 52.1 Å². The van der Waals surface area contributed by atoms with Crippen molar-refractivity contribution in [2.45, 2.75) is 57.8 Å². The first kappa shape index (κ1) is 24.9. The van der Waals surface area contributed by atoms with E-state index in [1.54, 1.807) is 18.2 Å². The third kappa shape index (κ3) is 5.32. The molecule has 3 aromatic rings. The number of nitrogens with one attached hydrogen (secondary N) is 1. The molecule has 1 N–H and O–H groups in total. The molecule has 0 bridgehead atoms. The summed E-state index contributed by atoms with van der Waals surface area (Å²) in [5.41, 5.74) is 2.16. The van der Waals surface area contributed by atoms with Crippen molar-refractivity contribution in [1.29, 1.82) is 0 Å². The van der Waals surface area contributed by atoms with Gasteiger partial charge in [-0.15, -0.1) is 0 Å². The van der Waals surface area contributed by atoms with Crippen LogP contribution in [0, 0.1) is 5.92 Å². The van der Waals surface area contributed by atoms with E-state index in [2.05, 4.69) is 16.3 Å². The molecule has 0 unspecified atom stereocenters. The number of benzene rings is 2. The number of rotatable bonds is 7. The second kappa shape index (κ2) is 10.3. The van der Waals surface area contributed by atoms with Gasteiger partial charge in [0.25, 0.3) is 5.56 Å². The predicted octanol–water partition coefficient (Wildman–Crippen LogP) is 4.78. The fraction of sp³-hybridized carbons (Fsp3) is 0.464. The largest absolute Gasteiger partial charge is 0.352 e. The van der Waals surface area contributed by atoms with E-state index in [9.17, 15) is 14.0 Å². The second-order valence-electron chi connectivity index (χ2n) is 10.5. The Balaban J connectivity index is 1.44. The summed E-state index contributed by atoms with van der Waals surface area (Å²) in [6.45, 7) is 6.00. The second-order valence-corrected chi connectivity index (χ2v) is 11.0. The Labute approximate surface area is 215 Å². The minimum absolute atomic E-state index is 0.0363. The van der Waals surface area contributed by atoms with Crippen LogP contribution in [-0.2, 0) is 11.3 Å². The highest BCUT2D eigenvalue weighted by atomic mass is 35.5. The molecule has 1 amide bonds. The van der Waals surface area contributed by atoms with Crippen molar-refractivity contribution in [3.05, 3.63) is 63.4 Å². The van der Waals surface area contributed by atoms with E-state index in [1.165, 1.54) is 4.57 Å². The maximum atomic E-state index is 13.7. The third-order valence-electron chi connectivity index (χ3n) is 7.25. The summed E-state index contributed by atoms with van der Waals surface area (Å²) in [7, 11) is 0. The Bertz CT molecular complexity index is 1330. The normalized spacial score (nSPS) is 22.2. The van der Waals surface area contributed by atoms with Crippen LogP contribution in [0.4, 0.5) is 4.39 Å². The first-order valence-electron chi connectivity index (χ1n) is 12.7. The quantitative estimate of drug-likeness (QED) is 0.497. The molecule has 0 radical (unpaired) electrons. The third-order valence-corrected chi connectivity index (χ3v) is 7.49. The van der Waals surface area contributed by atoms with Crippen molar-refractivity contribution in [2.75, 3.05) is 19.6 Å². The van der Waals surface area contributed by atoms with Gasteiger partial charge < -0.3 is 10.2 Å². The molecule has 1 saturated heterocycles. The van der Waals surface area contributed by atoms with Gasteiger partial charge in [0, 0.05) is 36.3 Å². The van der Waals surface area contributed by atoms with Gasteiger partial charge in [-0.25, -0.2) is 9.37 Å². The van der Waals surface area contributed by atoms with Gasteiger partial charge in [-0.3, -0.25) is 14.2 Å². The molecule has 8 heteroatoms. The number of halogens is 2. The Morgan fingerprint density at radius 3 is 2.72 bits per heavy atom. The number of hydrogen-bond acceptors (Lipinski definition) is 4. The van der Waals surface area contributed by atoms with Crippen LogP contribution in [0.2, 0.25) is 5.02 Å². The van der Waals surface area contributed by atoms with Crippen molar-refractivity contribution in [3.8, 4) is 11.4 Å². The summed E-state index contributed by atoms with van der Waals surface area (Å²) in [6.07, 6.45) is 2.04. The van der Waals surface area contributed by atoms with Gasteiger partial charge in [0.15, 0.2) is 0 Å². The van der Waals surface area contributed by atoms with E-state index in [0.717, 1.165) is 31.5 Å². The van der Waals surface area contributed by atoms with Gasteiger partial charge in [0.1, 0.15) is 18.5 Å². The van der Waals surface area contributed by atoms with Crippen LogP contribution in [0.15, 0.2) is 47.3 Å². The van der Waals surface area contributed by atoms with Crippen LogP contribution in [-0.4, -0.2) is 52.2 Å². The maximum Gasteiger partial charge on any atom is 0.262 e. The fourth-order valence-corrected chi connectivity index (χ4v) is 5.66. The average Bonchev–Trinajstić information content (AvgIpc) is 3.22. The predicted molar refractivity (Wildman–Crippen MR) is 141 cm³/mol. The Morgan fingerprint density at radius 1 is 1.22 bits per heavy atom. The minimum atomic E-state index is -0.685. The summed E-state index contributed by atoms with van der Waals surface area (Å²) < 4.78 is 14.9. The summed E-state index contributed by atoms with van der Waals surface area (Å²) in [6, 6.07) is 13.0. The lowest BCUT2D eigenvalue weighted by Gasteiger charge is -2.38. The van der Waals surface area contributed by atoms with Crippen LogP contribution in [0.5, 0.6) is 0 Å². The van der Waals surface area contributed by atoms with Crippen LogP contribution in [0.25, 0.3) is 22.3 Å². The Hall–Kier alpha value is -2.77. The van der Waals surface area contributed by atoms with Crippen molar-refractivity contribution in [2.24, 2.45) is 5.92 Å². The highest BCUT2D eigenvalue weighted by molar-refractivity contribution is 6.30. The van der Waals surface area contributed by atoms with Crippen LogP contribution >= 0.6 is 11.6 Å². The van der Waals surface area contributed by atoms with Gasteiger partial charge >= 0.3 is 0 Å². The fourth-order valence-electron chi connectivity index (χ4n) is 5.47. The van der Waals surface area contributed by atoms with E-state index in [4.69, 9.17) is 16.6 Å². The number of fused-ring (bicyclic) bond motifs is 1. The van der Waals surface area contributed by atoms with Crippen molar-refractivity contribution in [1.82, 2.24) is 19.8 Å². The highest BCUT2D eigenvalue weighted by Gasteiger charge is 2.33. The summed E-state index contributed by atoms with van der Waals surface area (Å²) >= 11 is 6.21. The van der Waals surface area contributed by atoms with Gasteiger partial charge in [0.05, 0.1) is 10.9 Å². The molecule has 5 rings (SSSR count). The molecule has 1 saturated carbocycles. The summed E-state index contributed by atoms with van der Waals surface area (Å²) in [4.78, 5) is 33.4. The highest BCUT2D eigenvalue weighted by Crippen LogP contribution is 2.42. The molecule has 2 aromatic carbocycles. The molecule has 2 aliphatic rings. The lowest BCUT2D eigenvalue weighted by molar-refractivity contribution is -0.122. The van der Waals surface area contributed by atoms with Crippen molar-refractivity contribution in [3.63, 3.8) is 0 Å². The number of amides is 1. The first-order chi connectivity index (χ1) is 17.3. The van der Waals surface area contributed by atoms with Crippen molar-refractivity contribution >= 4 is 28.4 Å². The standard InChI is InChI=1S/C28H32ClFN4O2/c1-17(2)31-26(35)16-34-27(20-4-3-5-22(29)12-20)32-25-7-6-19(13-24(25)28(34)36)21-10-18(11-21)14-33-9-8-23(30)15-33/h3-7,12-13,17-18,21,23H,8-11,14-16H2,1-2H3,(H,31,35)/t18-,21-,23-/m0/s1. The van der Waals surface area contributed by atoms with Crippen LogP contribution in [0.3, 0.4) is 0 Å². The monoisotopic (exact) mass is 510 g/mol. The average molecular weight is 511 g/mol. The topological polar surface area (TPSA) is 67.2 Å². The molecule has 1 aliphatic carbocycles. The number of aromatic nitrogens is 2. The van der Waals surface area contributed by atoms with Crippen LogP contribution in [0.1, 0.15) is 44.6 Å². The minimum Gasteiger partial charge on any atom is -0.352 e. The van der Waals surface area contributed by atoms with E-state index in [-0.39, 0.29) is 24.1 Å². The van der Waals surface area contributed by atoms with Gasteiger partial charge in [-0.1, -0.05) is 29.8 Å². The lowest BCUT2D eigenvalue weighted by atomic mass is 9.71. The Morgan fingerprint density at radius 2 is 2.03 bits per heavy atom. The molecule has 1 aromatic heterocycles. The summed E-state index contributed by atoms with van der Waals surface area (Å²) in [5.74, 6) is 1.12. The molecule has 2 heterocycles. The molecule has 0 spiro atoms. The van der Waals surface area contributed by atoms with Crippen LogP contribution < -0.4 is 10.9 Å². The number of likely N-dealkylation sites (tertiary alicyclic amines) is 1. The number of carbonyl (C=O) groups excluding carboxylic acids is 1. The lowest BCUT2D eigenvalue weighted by Crippen LogP contribution is -2.37. The summed E-state index contributed by atoms with van der Waals surface area (Å²) in [5, 5.41) is 3.91. The maximum absolute atomic E-state index is 13.7. The first-order valence-corrected chi connectivity index (χ1v) is 13.1. The molecule has 36 heavy (non-hydrogen) atoms. The molecule has 190 valence electrons. The van der Waals surface area contributed by atoms with Gasteiger partial charge in [-0.05, 0) is 74.8 Å². The van der Waals surface area contributed by atoms with Gasteiger partial charge in [-0.2, -0.15) is 0 Å². The molecule has 6 nitrogen and oxygen atoms in total. The molecule has 2 fully saturated rings. The SMILES string of the molecule is CC(C)NC(=O)Cn1c(-c2cccc(Cl)c2)nc2ccc([C@H]3C[C@H](CN4CC[C@H](F)C4)C3)cc2c1=O. The zero-order valence-electron chi connectivity index (χ0n) is 20.7. The van der Waals surface area contributed by atoms with E-state index in [1.807, 2.05) is 32.0 Å². The zero-order chi connectivity index (χ0) is 25.4. The molecular formula is C28H32ClFN4O2. The number of carbonyl (C=O) groups is 1. The van der Waals surface area contributed by atoms with Gasteiger partial charge in [0.2, 0.25) is 5.91 Å².